The van der Waals surface area contributed by atoms with E-state index >= 15 is 0 Å². The Hall–Kier alpha value is -7.18. The molecule has 312 valence electrons. The smallest absolute Gasteiger partial charge is 0.257 e. The van der Waals surface area contributed by atoms with Gasteiger partial charge in [0.1, 0.15) is 28.3 Å². The highest BCUT2D eigenvalue weighted by atomic mass is 16.4. The number of anilines is 6. The number of furan rings is 3. The average Bonchev–Trinajstić information content (AvgIpc) is 4.01. The lowest BCUT2D eigenvalue weighted by Gasteiger charge is -2.43. The highest BCUT2D eigenvalue weighted by molar-refractivity contribution is 7.01. The summed E-state index contributed by atoms with van der Waals surface area (Å²) in [6, 6.07) is 54.8. The van der Waals surface area contributed by atoms with Crippen molar-refractivity contribution in [1.82, 2.24) is 0 Å². The molecule has 3 aromatic heterocycles. The summed E-state index contributed by atoms with van der Waals surface area (Å²) >= 11 is 0. The quantitative estimate of drug-likeness (QED) is 0.165. The number of rotatable bonds is 4. The summed E-state index contributed by atoms with van der Waals surface area (Å²) in [5.74, 6) is 2.55. The van der Waals surface area contributed by atoms with Crippen LogP contribution in [0.15, 0.2) is 165 Å². The third-order valence-corrected chi connectivity index (χ3v) is 13.6. The van der Waals surface area contributed by atoms with Crippen molar-refractivity contribution in [2.24, 2.45) is 0 Å². The molecule has 7 aromatic carbocycles. The van der Waals surface area contributed by atoms with Gasteiger partial charge in [-0.15, -0.1) is 0 Å². The number of hydrogen-bond acceptors (Lipinski definition) is 5. The molecule has 12 rings (SSSR count). The van der Waals surface area contributed by atoms with Gasteiger partial charge in [-0.25, -0.2) is 0 Å². The molecule has 6 heteroatoms. The van der Waals surface area contributed by atoms with E-state index in [2.05, 4.69) is 193 Å². The van der Waals surface area contributed by atoms with Gasteiger partial charge in [0.15, 0.2) is 0 Å². The second kappa shape index (κ2) is 13.7. The zero-order valence-electron chi connectivity index (χ0n) is 37.6. The molecular weight excluding hydrogens is 783 g/mol. The highest BCUT2D eigenvalue weighted by Crippen LogP contribution is 2.49. The van der Waals surface area contributed by atoms with Crippen LogP contribution in [-0.2, 0) is 10.8 Å². The Balaban J connectivity index is 1.15. The second-order valence-corrected chi connectivity index (χ2v) is 19.9. The van der Waals surface area contributed by atoms with Crippen molar-refractivity contribution in [3.05, 3.63) is 174 Å². The van der Waals surface area contributed by atoms with Crippen LogP contribution in [-0.4, -0.2) is 6.71 Å². The monoisotopic (exact) mass is 832 g/mol. The molecular formula is C58H49BN2O3. The van der Waals surface area contributed by atoms with Gasteiger partial charge in [0.05, 0.1) is 5.69 Å². The fraction of sp³-hybridized carbons (Fsp3) is 0.172. The van der Waals surface area contributed by atoms with Gasteiger partial charge in [-0.3, -0.25) is 4.90 Å². The Morgan fingerprint density at radius 2 is 1.06 bits per heavy atom. The van der Waals surface area contributed by atoms with Crippen LogP contribution in [0.3, 0.4) is 0 Å². The van der Waals surface area contributed by atoms with Crippen LogP contribution in [0, 0.1) is 13.8 Å². The molecule has 0 bridgehead atoms. The molecule has 0 spiro atoms. The van der Waals surface area contributed by atoms with E-state index in [4.69, 9.17) is 13.3 Å². The summed E-state index contributed by atoms with van der Waals surface area (Å²) in [5.41, 5.74) is 18.8. The van der Waals surface area contributed by atoms with Gasteiger partial charge >= 0.3 is 0 Å². The highest BCUT2D eigenvalue weighted by Gasteiger charge is 2.47. The average molecular weight is 833 g/mol. The number of benzene rings is 7. The summed E-state index contributed by atoms with van der Waals surface area (Å²) in [6.45, 7) is 18.1. The standard InChI is InChI=1S/C58H49BN2O3/c1-34-27-41(58(6,7)8)28-35(2)55(34)61-46-20-14-19-45-54(46)59(53-43-33-40(57(3,4)5)24-26-50(43)64-56(53)61)44-25-23-39(52-32-38-16-10-12-22-49(38)63-52)30-47(44)60(45)42-18-13-17-36(29-42)51-31-37-15-9-11-21-48(37)62-51/h9-33H,1-8H3. The van der Waals surface area contributed by atoms with E-state index in [1.54, 1.807) is 0 Å². The maximum Gasteiger partial charge on any atom is 0.257 e. The Morgan fingerprint density at radius 3 is 1.70 bits per heavy atom. The number of hydrogen-bond donors (Lipinski definition) is 0. The lowest BCUT2D eigenvalue weighted by Crippen LogP contribution is -2.61. The first-order valence-corrected chi connectivity index (χ1v) is 22.4. The fourth-order valence-electron chi connectivity index (χ4n) is 10.4. The molecule has 2 aliphatic heterocycles. The molecule has 0 atom stereocenters. The topological polar surface area (TPSA) is 45.9 Å². The molecule has 0 fully saturated rings. The predicted octanol–water partition coefficient (Wildman–Crippen LogP) is 14.6. The van der Waals surface area contributed by atoms with Gasteiger partial charge in [-0.05, 0) is 125 Å². The van der Waals surface area contributed by atoms with E-state index in [0.717, 1.165) is 89.9 Å². The Bertz CT molecular complexity index is 3450. The van der Waals surface area contributed by atoms with Gasteiger partial charge < -0.3 is 18.2 Å². The molecule has 64 heavy (non-hydrogen) atoms. The number of para-hydroxylation sites is 2. The summed E-state index contributed by atoms with van der Waals surface area (Å²) < 4.78 is 20.2. The predicted molar refractivity (Wildman–Crippen MR) is 268 cm³/mol. The van der Waals surface area contributed by atoms with Crippen LogP contribution in [0.1, 0.15) is 63.8 Å². The number of aryl methyl sites for hydroxylation is 2. The van der Waals surface area contributed by atoms with Gasteiger partial charge in [0, 0.05) is 55.5 Å². The number of nitrogens with zero attached hydrogens (tertiary/aromatic N) is 2. The molecule has 0 saturated heterocycles. The number of fused-ring (bicyclic) bond motifs is 8. The van der Waals surface area contributed by atoms with Crippen LogP contribution < -0.4 is 26.2 Å². The first kappa shape index (κ1) is 38.5. The Morgan fingerprint density at radius 1 is 0.453 bits per heavy atom. The minimum Gasteiger partial charge on any atom is -0.456 e. The normalized spacial score (nSPS) is 13.5. The van der Waals surface area contributed by atoms with Gasteiger partial charge in [0.2, 0.25) is 5.88 Å². The molecule has 0 N–H and O–H groups in total. The first-order valence-electron chi connectivity index (χ1n) is 22.4. The third-order valence-electron chi connectivity index (χ3n) is 13.6. The van der Waals surface area contributed by atoms with Crippen molar-refractivity contribution in [1.29, 1.82) is 0 Å². The second-order valence-electron chi connectivity index (χ2n) is 19.9. The van der Waals surface area contributed by atoms with Crippen molar-refractivity contribution >= 4 is 90.3 Å². The van der Waals surface area contributed by atoms with E-state index in [-0.39, 0.29) is 17.5 Å². The van der Waals surface area contributed by atoms with E-state index in [9.17, 15) is 0 Å². The molecule has 5 nitrogen and oxygen atoms in total. The molecule has 0 radical (unpaired) electrons. The Labute approximate surface area is 374 Å². The molecule has 0 unspecified atom stereocenters. The van der Waals surface area contributed by atoms with Crippen LogP contribution in [0.4, 0.5) is 34.3 Å². The van der Waals surface area contributed by atoms with Crippen LogP contribution in [0.5, 0.6) is 0 Å². The largest absolute Gasteiger partial charge is 0.456 e. The van der Waals surface area contributed by atoms with Crippen molar-refractivity contribution in [2.75, 3.05) is 9.80 Å². The van der Waals surface area contributed by atoms with E-state index < -0.39 is 0 Å². The first-order chi connectivity index (χ1) is 30.8. The lowest BCUT2D eigenvalue weighted by molar-refractivity contribution is 0.589. The summed E-state index contributed by atoms with van der Waals surface area (Å²) in [5, 5.41) is 3.31. The van der Waals surface area contributed by atoms with Crippen molar-refractivity contribution < 1.29 is 13.3 Å². The minimum absolute atomic E-state index is 0.00316. The van der Waals surface area contributed by atoms with E-state index in [0.29, 0.717) is 0 Å². The van der Waals surface area contributed by atoms with E-state index in [1.165, 1.54) is 38.6 Å². The maximum absolute atomic E-state index is 7.22. The van der Waals surface area contributed by atoms with Gasteiger partial charge in [0.25, 0.3) is 6.71 Å². The zero-order valence-corrected chi connectivity index (χ0v) is 37.6. The summed E-state index contributed by atoms with van der Waals surface area (Å²) in [4.78, 5) is 4.88. The summed E-state index contributed by atoms with van der Waals surface area (Å²) in [7, 11) is 0. The Kier molecular flexibility index (Phi) is 8.22. The molecule has 0 saturated carbocycles. The van der Waals surface area contributed by atoms with Crippen LogP contribution in [0.25, 0.3) is 55.6 Å². The van der Waals surface area contributed by atoms with Crippen molar-refractivity contribution in [3.63, 3.8) is 0 Å². The fourth-order valence-corrected chi connectivity index (χ4v) is 10.4. The third kappa shape index (κ3) is 5.85. The minimum atomic E-state index is -0.127. The molecule has 0 amide bonds. The van der Waals surface area contributed by atoms with Gasteiger partial charge in [-0.2, -0.15) is 0 Å². The van der Waals surface area contributed by atoms with Crippen LogP contribution in [0.2, 0.25) is 0 Å². The van der Waals surface area contributed by atoms with Crippen LogP contribution >= 0.6 is 0 Å². The lowest BCUT2D eigenvalue weighted by atomic mass is 9.33. The van der Waals surface area contributed by atoms with Crippen molar-refractivity contribution in [2.45, 2.75) is 66.2 Å². The molecule has 10 aromatic rings. The zero-order chi connectivity index (χ0) is 43.8. The molecule has 2 aliphatic rings. The summed E-state index contributed by atoms with van der Waals surface area (Å²) in [6.07, 6.45) is 0. The maximum atomic E-state index is 7.22. The van der Waals surface area contributed by atoms with E-state index in [1.807, 2.05) is 24.3 Å². The SMILES string of the molecule is Cc1cc(C(C)(C)C)cc(C)c1N1c2cccc3c2B(c2ccc(-c4cc5ccccc5o4)cc2N3c2cccc(-c3cc4ccccc4o3)c2)c2c1oc1ccc(C(C)(C)C)cc21. The molecule has 5 heterocycles. The van der Waals surface area contributed by atoms with Gasteiger partial charge in [-0.1, -0.05) is 126 Å². The molecule has 0 aliphatic carbocycles. The van der Waals surface area contributed by atoms with Crippen molar-refractivity contribution in [3.8, 4) is 22.6 Å².